The molecule has 1 fully saturated rings. The number of nitrogens with zero attached hydrogens (tertiary/aromatic N) is 3. The van der Waals surface area contributed by atoms with Gasteiger partial charge in [0.05, 0.1) is 16.3 Å². The normalized spacial score (nSPS) is 14.6. The number of thiocarbonyl (C=S) groups is 1. The monoisotopic (exact) mass is 515 g/mol. The van der Waals surface area contributed by atoms with E-state index in [0.29, 0.717) is 27.1 Å². The highest BCUT2D eigenvalue weighted by molar-refractivity contribution is 8.26. The molecule has 180 valence electrons. The minimum Gasteiger partial charge on any atom is -0.489 e. The molecule has 8 heteroatoms. The van der Waals surface area contributed by atoms with E-state index in [-0.39, 0.29) is 18.3 Å². The van der Waals surface area contributed by atoms with Crippen LogP contribution < -0.4 is 4.74 Å². The molecule has 0 saturated carbocycles. The van der Waals surface area contributed by atoms with Gasteiger partial charge in [0, 0.05) is 29.4 Å². The van der Waals surface area contributed by atoms with Crippen LogP contribution in [0.3, 0.4) is 0 Å². The smallest absolute Gasteiger partial charge is 0.266 e. The van der Waals surface area contributed by atoms with Gasteiger partial charge in [-0.2, -0.15) is 5.10 Å². The summed E-state index contributed by atoms with van der Waals surface area (Å²) in [7, 11) is 0. The summed E-state index contributed by atoms with van der Waals surface area (Å²) in [4.78, 5) is 15.0. The molecule has 0 N–H and O–H groups in total. The third-order valence-corrected chi connectivity index (χ3v) is 7.10. The molecule has 5 nitrogen and oxygen atoms in total. The number of hydrogen-bond donors (Lipinski definition) is 0. The van der Waals surface area contributed by atoms with Gasteiger partial charge in [-0.25, -0.2) is 9.07 Å². The Morgan fingerprint density at radius 1 is 1.03 bits per heavy atom. The Balaban J connectivity index is 1.46. The Bertz CT molecular complexity index is 1450. The fourth-order valence-electron chi connectivity index (χ4n) is 3.83. The number of amides is 1. The van der Waals surface area contributed by atoms with Crippen LogP contribution >= 0.6 is 24.0 Å². The molecule has 3 aromatic carbocycles. The van der Waals surface area contributed by atoms with Gasteiger partial charge < -0.3 is 4.74 Å². The number of benzene rings is 3. The lowest BCUT2D eigenvalue weighted by Crippen LogP contribution is -2.27. The number of carbonyl (C=O) groups excluding carboxylic acids is 1. The van der Waals surface area contributed by atoms with E-state index >= 15 is 0 Å². The van der Waals surface area contributed by atoms with Crippen molar-refractivity contribution >= 4 is 40.3 Å². The minimum atomic E-state index is -0.293. The maximum absolute atomic E-state index is 13.9. The fourth-order valence-corrected chi connectivity index (χ4v) is 5.20. The first kappa shape index (κ1) is 24.0. The lowest BCUT2D eigenvalue weighted by molar-refractivity contribution is -0.121. The lowest BCUT2D eigenvalue weighted by atomic mass is 10.1. The molecule has 2 heterocycles. The van der Waals surface area contributed by atoms with Gasteiger partial charge in [-0.3, -0.25) is 9.69 Å². The summed E-state index contributed by atoms with van der Waals surface area (Å²) in [5.74, 6) is 0.233. The van der Waals surface area contributed by atoms with Gasteiger partial charge in [0.1, 0.15) is 22.5 Å². The number of likely N-dealkylation sites (N-methyl/N-ethyl adjacent to an activating group) is 1. The van der Waals surface area contributed by atoms with Gasteiger partial charge in [-0.1, -0.05) is 60.4 Å². The molecular weight excluding hydrogens is 493 g/mol. The van der Waals surface area contributed by atoms with Crippen LogP contribution in [0.5, 0.6) is 5.75 Å². The van der Waals surface area contributed by atoms with Crippen LogP contribution in [0.25, 0.3) is 23.0 Å². The minimum absolute atomic E-state index is 0.0946. The number of hydrogen-bond acceptors (Lipinski definition) is 5. The molecule has 0 radical (unpaired) electrons. The van der Waals surface area contributed by atoms with Crippen LogP contribution in [0.4, 0.5) is 4.39 Å². The van der Waals surface area contributed by atoms with E-state index in [4.69, 9.17) is 22.1 Å². The van der Waals surface area contributed by atoms with Crippen molar-refractivity contribution in [3.05, 3.63) is 107 Å². The quantitative estimate of drug-likeness (QED) is 0.208. The number of ether oxygens (including phenoxy) is 1. The van der Waals surface area contributed by atoms with Crippen molar-refractivity contribution in [1.82, 2.24) is 14.7 Å². The zero-order valence-electron chi connectivity index (χ0n) is 19.4. The van der Waals surface area contributed by atoms with E-state index in [2.05, 4.69) is 0 Å². The van der Waals surface area contributed by atoms with Gasteiger partial charge in [-0.05, 0) is 55.5 Å². The second-order valence-electron chi connectivity index (χ2n) is 8.04. The van der Waals surface area contributed by atoms with Crippen molar-refractivity contribution in [1.29, 1.82) is 0 Å². The van der Waals surface area contributed by atoms with Crippen molar-refractivity contribution in [2.75, 3.05) is 6.54 Å². The molecule has 1 amide bonds. The van der Waals surface area contributed by atoms with Gasteiger partial charge in [0.25, 0.3) is 5.91 Å². The highest BCUT2D eigenvalue weighted by atomic mass is 32.2. The predicted molar refractivity (Wildman–Crippen MR) is 145 cm³/mol. The molecule has 1 aliphatic rings. The van der Waals surface area contributed by atoms with Crippen LogP contribution in [0.2, 0.25) is 0 Å². The Kier molecular flexibility index (Phi) is 6.97. The van der Waals surface area contributed by atoms with Crippen LogP contribution in [-0.4, -0.2) is 31.5 Å². The molecule has 1 aromatic heterocycles. The predicted octanol–water partition coefficient (Wildman–Crippen LogP) is 6.48. The van der Waals surface area contributed by atoms with Crippen LogP contribution in [0, 0.1) is 5.82 Å². The topological polar surface area (TPSA) is 47.4 Å². The van der Waals surface area contributed by atoms with E-state index in [1.165, 1.54) is 17.8 Å². The van der Waals surface area contributed by atoms with Gasteiger partial charge >= 0.3 is 0 Å². The molecule has 0 aliphatic carbocycles. The molecule has 0 atom stereocenters. The summed E-state index contributed by atoms with van der Waals surface area (Å²) in [5, 5.41) is 4.83. The van der Waals surface area contributed by atoms with Crippen molar-refractivity contribution in [3.8, 4) is 22.7 Å². The zero-order chi connectivity index (χ0) is 25.1. The van der Waals surface area contributed by atoms with E-state index in [1.54, 1.807) is 27.8 Å². The molecule has 0 unspecified atom stereocenters. The molecule has 5 rings (SSSR count). The second-order valence-corrected chi connectivity index (χ2v) is 9.72. The Labute approximate surface area is 218 Å². The highest BCUT2D eigenvalue weighted by Gasteiger charge is 2.31. The van der Waals surface area contributed by atoms with Gasteiger partial charge in [0.2, 0.25) is 0 Å². The SMILES string of the molecule is CCN1C(=O)C(=Cc2cn(-c3ccccc3)nc2-c2ccc(OCc3ccccc3F)cc2)SC1=S. The van der Waals surface area contributed by atoms with E-state index in [9.17, 15) is 9.18 Å². The molecule has 4 aromatic rings. The first-order valence-electron chi connectivity index (χ1n) is 11.4. The van der Waals surface area contributed by atoms with E-state index in [1.807, 2.05) is 73.8 Å². The van der Waals surface area contributed by atoms with Crippen molar-refractivity contribution in [3.63, 3.8) is 0 Å². The number of thioether (sulfide) groups is 1. The Morgan fingerprint density at radius 2 is 1.75 bits per heavy atom. The maximum atomic E-state index is 13.9. The van der Waals surface area contributed by atoms with Gasteiger partial charge in [0.15, 0.2) is 0 Å². The highest BCUT2D eigenvalue weighted by Crippen LogP contribution is 2.35. The first-order valence-corrected chi connectivity index (χ1v) is 12.6. The van der Waals surface area contributed by atoms with Crippen LogP contribution in [-0.2, 0) is 11.4 Å². The third kappa shape index (κ3) is 4.96. The molecule has 0 bridgehead atoms. The summed E-state index contributed by atoms with van der Waals surface area (Å²) < 4.78 is 22.0. The average Bonchev–Trinajstić information content (AvgIpc) is 3.44. The standard InChI is InChI=1S/C28H22FN3O2S2/c1-2-31-27(33)25(36-28(31)35)16-21-17-32(22-9-4-3-5-10-22)30-26(21)19-12-14-23(15-13-19)34-18-20-8-6-7-11-24(20)29/h3-17H,2,18H2,1H3. The van der Waals surface area contributed by atoms with Gasteiger partial charge in [-0.15, -0.1) is 0 Å². The lowest BCUT2D eigenvalue weighted by Gasteiger charge is -2.09. The molecule has 1 saturated heterocycles. The van der Waals surface area contributed by atoms with Crippen LogP contribution in [0.1, 0.15) is 18.1 Å². The Hall–Kier alpha value is -3.75. The summed E-state index contributed by atoms with van der Waals surface area (Å²) >= 11 is 6.67. The van der Waals surface area contributed by atoms with Crippen molar-refractivity contribution in [2.45, 2.75) is 13.5 Å². The van der Waals surface area contributed by atoms with Crippen LogP contribution in [0.15, 0.2) is 90.0 Å². The average molecular weight is 516 g/mol. The van der Waals surface area contributed by atoms with E-state index in [0.717, 1.165) is 22.5 Å². The summed E-state index contributed by atoms with van der Waals surface area (Å²) in [6.45, 7) is 2.58. The maximum Gasteiger partial charge on any atom is 0.266 e. The largest absolute Gasteiger partial charge is 0.489 e. The number of para-hydroxylation sites is 1. The number of rotatable bonds is 7. The first-order chi connectivity index (χ1) is 17.5. The summed E-state index contributed by atoms with van der Waals surface area (Å²) in [6, 6.07) is 23.8. The summed E-state index contributed by atoms with van der Waals surface area (Å²) in [6.07, 6.45) is 3.76. The van der Waals surface area contributed by atoms with E-state index < -0.39 is 0 Å². The molecule has 1 aliphatic heterocycles. The fraction of sp³-hybridized carbons (Fsp3) is 0.107. The molecular formula is C28H22FN3O2S2. The third-order valence-electron chi connectivity index (χ3n) is 5.72. The second kappa shape index (κ2) is 10.5. The molecule has 0 spiro atoms. The Morgan fingerprint density at radius 3 is 2.44 bits per heavy atom. The number of carbonyl (C=O) groups is 1. The number of halogens is 1. The van der Waals surface area contributed by atoms with Crippen molar-refractivity contribution < 1.29 is 13.9 Å². The zero-order valence-corrected chi connectivity index (χ0v) is 21.1. The van der Waals surface area contributed by atoms with Crippen molar-refractivity contribution in [2.24, 2.45) is 0 Å². The number of aromatic nitrogens is 2. The molecule has 36 heavy (non-hydrogen) atoms. The summed E-state index contributed by atoms with van der Waals surface area (Å²) in [5.41, 5.74) is 3.79.